The first kappa shape index (κ1) is 16.9. The Morgan fingerprint density at radius 3 is 2.28 bits per heavy atom. The van der Waals surface area contributed by atoms with E-state index < -0.39 is 17.5 Å². The number of carbonyl (C=O) groups is 2. The molecular weight excluding hydrogens is 234 g/mol. The number of carboxylic acid groups (broad SMARTS) is 1. The SMILES string of the molecule is CCCC(O)CNC(=O)CC(C)(C(=O)O)C(C)C. The van der Waals surface area contributed by atoms with Crippen molar-refractivity contribution in [2.75, 3.05) is 6.54 Å². The number of nitrogens with one attached hydrogen (secondary N) is 1. The van der Waals surface area contributed by atoms with Gasteiger partial charge < -0.3 is 15.5 Å². The largest absolute Gasteiger partial charge is 0.481 e. The predicted octanol–water partition coefficient (Wildman–Crippen LogP) is 1.40. The minimum atomic E-state index is -1.07. The van der Waals surface area contributed by atoms with Gasteiger partial charge in [0.05, 0.1) is 11.5 Å². The van der Waals surface area contributed by atoms with Crippen molar-refractivity contribution in [1.29, 1.82) is 0 Å². The predicted molar refractivity (Wildman–Crippen MR) is 69.1 cm³/mol. The molecule has 0 aliphatic heterocycles. The summed E-state index contributed by atoms with van der Waals surface area (Å²) in [4.78, 5) is 22.9. The Morgan fingerprint density at radius 1 is 1.33 bits per heavy atom. The van der Waals surface area contributed by atoms with Crippen molar-refractivity contribution < 1.29 is 19.8 Å². The first-order valence-corrected chi connectivity index (χ1v) is 6.42. The molecule has 0 saturated carbocycles. The molecular formula is C13H25NO4. The van der Waals surface area contributed by atoms with E-state index in [1.807, 2.05) is 6.92 Å². The molecule has 0 aromatic carbocycles. The summed E-state index contributed by atoms with van der Waals surface area (Å²) in [5, 5.41) is 21.2. The van der Waals surface area contributed by atoms with Gasteiger partial charge in [-0.05, 0) is 19.3 Å². The zero-order valence-electron chi connectivity index (χ0n) is 11.7. The first-order chi connectivity index (χ1) is 8.24. The normalized spacial score (nSPS) is 16.1. The summed E-state index contributed by atoms with van der Waals surface area (Å²) in [6.07, 6.45) is 0.837. The summed E-state index contributed by atoms with van der Waals surface area (Å²) in [5.74, 6) is -1.44. The van der Waals surface area contributed by atoms with Crippen molar-refractivity contribution in [3.63, 3.8) is 0 Å². The Bertz CT molecular complexity index is 291. The second-order valence-electron chi connectivity index (χ2n) is 5.30. The van der Waals surface area contributed by atoms with E-state index in [4.69, 9.17) is 0 Å². The van der Waals surface area contributed by atoms with Gasteiger partial charge in [-0.25, -0.2) is 0 Å². The molecule has 3 N–H and O–H groups in total. The van der Waals surface area contributed by atoms with Gasteiger partial charge in [0.25, 0.3) is 0 Å². The minimum absolute atomic E-state index is 0.0706. The van der Waals surface area contributed by atoms with Crippen LogP contribution in [-0.4, -0.2) is 34.7 Å². The van der Waals surface area contributed by atoms with Crippen LogP contribution in [-0.2, 0) is 9.59 Å². The first-order valence-electron chi connectivity index (χ1n) is 6.42. The molecule has 2 unspecified atom stereocenters. The number of aliphatic carboxylic acids is 1. The fourth-order valence-corrected chi connectivity index (χ4v) is 1.59. The molecule has 18 heavy (non-hydrogen) atoms. The molecule has 0 heterocycles. The van der Waals surface area contributed by atoms with Gasteiger partial charge in [-0.1, -0.05) is 27.2 Å². The third-order valence-electron chi connectivity index (χ3n) is 3.45. The molecule has 0 bridgehead atoms. The smallest absolute Gasteiger partial charge is 0.310 e. The van der Waals surface area contributed by atoms with Gasteiger partial charge in [-0.3, -0.25) is 9.59 Å². The van der Waals surface area contributed by atoms with Gasteiger partial charge in [0, 0.05) is 13.0 Å². The van der Waals surface area contributed by atoms with Crippen LogP contribution in [0.4, 0.5) is 0 Å². The van der Waals surface area contributed by atoms with E-state index >= 15 is 0 Å². The van der Waals surface area contributed by atoms with Gasteiger partial charge in [0.2, 0.25) is 5.91 Å². The third kappa shape index (κ3) is 5.04. The monoisotopic (exact) mass is 259 g/mol. The zero-order valence-corrected chi connectivity index (χ0v) is 11.7. The van der Waals surface area contributed by atoms with Gasteiger partial charge in [0.15, 0.2) is 0 Å². The van der Waals surface area contributed by atoms with E-state index in [2.05, 4.69) is 5.32 Å². The molecule has 0 radical (unpaired) electrons. The van der Waals surface area contributed by atoms with Crippen LogP contribution in [0, 0.1) is 11.3 Å². The molecule has 5 nitrogen and oxygen atoms in total. The second kappa shape index (κ2) is 7.36. The van der Waals surface area contributed by atoms with Gasteiger partial charge >= 0.3 is 5.97 Å². The van der Waals surface area contributed by atoms with E-state index in [1.54, 1.807) is 20.8 Å². The topological polar surface area (TPSA) is 86.6 Å². The highest BCUT2D eigenvalue weighted by atomic mass is 16.4. The lowest BCUT2D eigenvalue weighted by Crippen LogP contribution is -2.41. The molecule has 0 fully saturated rings. The molecule has 1 amide bonds. The minimum Gasteiger partial charge on any atom is -0.481 e. The maximum atomic E-state index is 11.7. The fourth-order valence-electron chi connectivity index (χ4n) is 1.59. The van der Waals surface area contributed by atoms with E-state index in [0.29, 0.717) is 6.42 Å². The molecule has 0 aromatic heterocycles. The van der Waals surface area contributed by atoms with E-state index in [9.17, 15) is 19.8 Å². The molecule has 0 rings (SSSR count). The van der Waals surface area contributed by atoms with Crippen molar-refractivity contribution in [2.24, 2.45) is 11.3 Å². The number of carbonyl (C=O) groups excluding carboxylic acids is 1. The molecule has 106 valence electrons. The van der Waals surface area contributed by atoms with Crippen LogP contribution in [0.3, 0.4) is 0 Å². The summed E-state index contributed by atoms with van der Waals surface area (Å²) in [6.45, 7) is 7.27. The van der Waals surface area contributed by atoms with Crippen molar-refractivity contribution in [3.05, 3.63) is 0 Å². The van der Waals surface area contributed by atoms with E-state index in [1.165, 1.54) is 0 Å². The average Bonchev–Trinajstić information content (AvgIpc) is 2.26. The molecule has 0 saturated heterocycles. The Morgan fingerprint density at radius 2 is 1.89 bits per heavy atom. The van der Waals surface area contributed by atoms with Crippen LogP contribution in [0.15, 0.2) is 0 Å². The van der Waals surface area contributed by atoms with E-state index in [0.717, 1.165) is 6.42 Å². The van der Waals surface area contributed by atoms with Crippen molar-refractivity contribution in [1.82, 2.24) is 5.32 Å². The number of rotatable bonds is 8. The summed E-state index contributed by atoms with van der Waals surface area (Å²) in [6, 6.07) is 0. The van der Waals surface area contributed by atoms with Crippen LogP contribution in [0.5, 0.6) is 0 Å². The fraction of sp³-hybridized carbons (Fsp3) is 0.846. The van der Waals surface area contributed by atoms with Crippen molar-refractivity contribution >= 4 is 11.9 Å². The Hall–Kier alpha value is -1.10. The lowest BCUT2D eigenvalue weighted by atomic mass is 9.76. The lowest BCUT2D eigenvalue weighted by Gasteiger charge is -2.28. The van der Waals surface area contributed by atoms with Crippen molar-refractivity contribution in [3.8, 4) is 0 Å². The van der Waals surface area contributed by atoms with Gasteiger partial charge in [-0.15, -0.1) is 0 Å². The van der Waals surface area contributed by atoms with E-state index in [-0.39, 0.29) is 24.8 Å². The van der Waals surface area contributed by atoms with Crippen molar-refractivity contribution in [2.45, 2.75) is 53.1 Å². The van der Waals surface area contributed by atoms with Crippen LogP contribution < -0.4 is 5.32 Å². The molecule has 5 heteroatoms. The molecule has 0 spiro atoms. The second-order valence-corrected chi connectivity index (χ2v) is 5.30. The highest BCUT2D eigenvalue weighted by Crippen LogP contribution is 2.31. The molecule has 2 atom stereocenters. The number of amides is 1. The third-order valence-corrected chi connectivity index (χ3v) is 3.45. The number of aliphatic hydroxyl groups is 1. The van der Waals surface area contributed by atoms with Crippen LogP contribution in [0.25, 0.3) is 0 Å². The Labute approximate surface area is 109 Å². The standard InChI is InChI=1S/C13H25NO4/c1-5-6-10(15)8-14-11(16)7-13(4,9(2)3)12(17)18/h9-10,15H,5-8H2,1-4H3,(H,14,16)(H,17,18). The van der Waals surface area contributed by atoms with Crippen LogP contribution >= 0.6 is 0 Å². The zero-order chi connectivity index (χ0) is 14.3. The number of carboxylic acids is 1. The Kier molecular flexibility index (Phi) is 6.91. The molecule has 0 aliphatic carbocycles. The highest BCUT2D eigenvalue weighted by Gasteiger charge is 2.38. The maximum absolute atomic E-state index is 11.7. The summed E-state index contributed by atoms with van der Waals surface area (Å²) in [7, 11) is 0. The number of aliphatic hydroxyl groups excluding tert-OH is 1. The maximum Gasteiger partial charge on any atom is 0.310 e. The quantitative estimate of drug-likeness (QED) is 0.615. The molecule has 0 aromatic rings. The lowest BCUT2D eigenvalue weighted by molar-refractivity contribution is -0.153. The number of hydrogen-bond acceptors (Lipinski definition) is 3. The summed E-state index contributed by atoms with van der Waals surface area (Å²) < 4.78 is 0. The number of hydrogen-bond donors (Lipinski definition) is 3. The average molecular weight is 259 g/mol. The summed E-state index contributed by atoms with van der Waals surface area (Å²) in [5.41, 5.74) is -1.07. The Balaban J connectivity index is 4.33. The summed E-state index contributed by atoms with van der Waals surface area (Å²) >= 11 is 0. The highest BCUT2D eigenvalue weighted by molar-refractivity contribution is 5.84. The molecule has 0 aliphatic rings. The van der Waals surface area contributed by atoms with Crippen LogP contribution in [0.2, 0.25) is 0 Å². The van der Waals surface area contributed by atoms with Gasteiger partial charge in [-0.2, -0.15) is 0 Å². The van der Waals surface area contributed by atoms with Crippen LogP contribution in [0.1, 0.15) is 47.0 Å². The van der Waals surface area contributed by atoms with Gasteiger partial charge in [0.1, 0.15) is 0 Å².